The third-order valence-electron chi connectivity index (χ3n) is 2.38. The van der Waals surface area contributed by atoms with E-state index in [9.17, 15) is 9.59 Å². The van der Waals surface area contributed by atoms with E-state index in [0.29, 0.717) is 13.2 Å². The number of nitrogens with one attached hydrogen (secondary N) is 1. The van der Waals surface area contributed by atoms with Crippen molar-refractivity contribution in [2.75, 3.05) is 26.0 Å². The number of rotatable bonds is 6. The van der Waals surface area contributed by atoms with Gasteiger partial charge in [0.1, 0.15) is 6.04 Å². The molecular formula is C10H17N5O3. The van der Waals surface area contributed by atoms with Crippen molar-refractivity contribution in [2.45, 2.75) is 13.0 Å². The molecule has 0 bridgehead atoms. The molecule has 2 amide bonds. The first-order valence-electron chi connectivity index (χ1n) is 5.38. The van der Waals surface area contributed by atoms with Crippen LogP contribution in [0, 0.1) is 0 Å². The minimum absolute atomic E-state index is 0.0356. The van der Waals surface area contributed by atoms with Gasteiger partial charge in [0, 0.05) is 19.9 Å². The van der Waals surface area contributed by atoms with Gasteiger partial charge < -0.3 is 21.5 Å². The van der Waals surface area contributed by atoms with Crippen molar-refractivity contribution in [3.8, 4) is 0 Å². The third kappa shape index (κ3) is 3.20. The number of methoxy groups -OCH3 is 1. The molecule has 0 radical (unpaired) electrons. The smallest absolute Gasteiger partial charge is 0.271 e. The topological polar surface area (TPSA) is 125 Å². The summed E-state index contributed by atoms with van der Waals surface area (Å²) in [5.74, 6) is -0.969. The quantitative estimate of drug-likeness (QED) is 0.556. The zero-order valence-corrected chi connectivity index (χ0v) is 10.3. The molecule has 0 fully saturated rings. The standard InChI is InChI=1S/C10H17N5O3/c1-6(10(17)13-3-4-18-2)15-5-7(11)8(14-15)9(12)16/h5-6H,3-4,11H2,1-2H3,(H2,12,16)(H,13,17). The van der Waals surface area contributed by atoms with E-state index in [0.717, 1.165) is 0 Å². The fraction of sp³-hybridized carbons (Fsp3) is 0.500. The lowest BCUT2D eigenvalue weighted by atomic mass is 10.3. The van der Waals surface area contributed by atoms with E-state index in [1.165, 1.54) is 10.9 Å². The first-order chi connectivity index (χ1) is 8.47. The molecule has 0 aromatic carbocycles. The molecule has 0 spiro atoms. The van der Waals surface area contributed by atoms with Crippen LogP contribution in [0.2, 0.25) is 0 Å². The first kappa shape index (κ1) is 14.0. The highest BCUT2D eigenvalue weighted by Gasteiger charge is 2.19. The van der Waals surface area contributed by atoms with Crippen LogP contribution in [0.4, 0.5) is 5.69 Å². The second kappa shape index (κ2) is 6.01. The van der Waals surface area contributed by atoms with Crippen LogP contribution < -0.4 is 16.8 Å². The number of amides is 2. The second-order valence-corrected chi connectivity index (χ2v) is 3.74. The van der Waals surface area contributed by atoms with E-state index in [1.807, 2.05) is 0 Å². The monoisotopic (exact) mass is 255 g/mol. The summed E-state index contributed by atoms with van der Waals surface area (Å²) in [4.78, 5) is 22.7. The maximum atomic E-state index is 11.7. The van der Waals surface area contributed by atoms with Gasteiger partial charge in [0.2, 0.25) is 5.91 Å². The van der Waals surface area contributed by atoms with E-state index >= 15 is 0 Å². The number of nitrogen functional groups attached to an aromatic ring is 1. The molecule has 1 aromatic rings. The summed E-state index contributed by atoms with van der Waals surface area (Å²) in [7, 11) is 1.54. The van der Waals surface area contributed by atoms with E-state index in [2.05, 4.69) is 10.4 Å². The van der Waals surface area contributed by atoms with Gasteiger partial charge in [-0.05, 0) is 6.92 Å². The molecule has 1 unspecified atom stereocenters. The summed E-state index contributed by atoms with van der Waals surface area (Å²) in [6.45, 7) is 2.46. The molecular weight excluding hydrogens is 238 g/mol. The van der Waals surface area contributed by atoms with Gasteiger partial charge in [0.05, 0.1) is 12.3 Å². The Morgan fingerprint density at radius 2 is 2.28 bits per heavy atom. The van der Waals surface area contributed by atoms with Gasteiger partial charge in [-0.25, -0.2) is 0 Å². The van der Waals surface area contributed by atoms with Crippen LogP contribution in [0.5, 0.6) is 0 Å². The highest BCUT2D eigenvalue weighted by Crippen LogP contribution is 2.13. The molecule has 1 heterocycles. The van der Waals surface area contributed by atoms with Crippen LogP contribution in [-0.2, 0) is 9.53 Å². The fourth-order valence-electron chi connectivity index (χ4n) is 1.34. The summed E-state index contributed by atoms with van der Waals surface area (Å²) in [6, 6.07) is -0.586. The van der Waals surface area contributed by atoms with Gasteiger partial charge in [-0.1, -0.05) is 0 Å². The molecule has 0 aliphatic carbocycles. The minimum atomic E-state index is -0.724. The molecule has 8 heteroatoms. The summed E-state index contributed by atoms with van der Waals surface area (Å²) in [5.41, 5.74) is 10.8. The van der Waals surface area contributed by atoms with Gasteiger partial charge in [-0.2, -0.15) is 5.10 Å². The molecule has 1 atom stereocenters. The van der Waals surface area contributed by atoms with Crippen molar-refractivity contribution < 1.29 is 14.3 Å². The van der Waals surface area contributed by atoms with Crippen molar-refractivity contribution in [2.24, 2.45) is 5.73 Å². The van der Waals surface area contributed by atoms with Gasteiger partial charge >= 0.3 is 0 Å². The normalized spacial score (nSPS) is 12.1. The number of hydrogen-bond acceptors (Lipinski definition) is 5. The third-order valence-corrected chi connectivity index (χ3v) is 2.38. The van der Waals surface area contributed by atoms with Crippen LogP contribution in [0.1, 0.15) is 23.5 Å². The largest absolute Gasteiger partial charge is 0.396 e. The second-order valence-electron chi connectivity index (χ2n) is 3.74. The van der Waals surface area contributed by atoms with Crippen molar-refractivity contribution in [1.82, 2.24) is 15.1 Å². The summed E-state index contributed by atoms with van der Waals surface area (Å²) < 4.78 is 6.12. The maximum absolute atomic E-state index is 11.7. The highest BCUT2D eigenvalue weighted by molar-refractivity contribution is 5.95. The average molecular weight is 255 g/mol. The number of nitrogens with two attached hydrogens (primary N) is 2. The summed E-state index contributed by atoms with van der Waals surface area (Å²) in [6.07, 6.45) is 1.40. The van der Waals surface area contributed by atoms with Gasteiger partial charge in [-0.3, -0.25) is 14.3 Å². The molecule has 8 nitrogen and oxygen atoms in total. The predicted molar refractivity (Wildman–Crippen MR) is 64.8 cm³/mol. The van der Waals surface area contributed by atoms with Gasteiger partial charge in [-0.15, -0.1) is 0 Å². The number of hydrogen-bond donors (Lipinski definition) is 3. The minimum Gasteiger partial charge on any atom is -0.396 e. The van der Waals surface area contributed by atoms with Crippen molar-refractivity contribution in [3.05, 3.63) is 11.9 Å². The SMILES string of the molecule is COCCNC(=O)C(C)n1cc(N)c(C(N)=O)n1. The number of anilines is 1. The fourth-order valence-corrected chi connectivity index (χ4v) is 1.34. The number of carbonyl (C=O) groups is 2. The summed E-state index contributed by atoms with van der Waals surface area (Å²) in [5, 5.41) is 6.54. The van der Waals surface area contributed by atoms with Gasteiger partial charge in [0.25, 0.3) is 5.91 Å². The Bertz CT molecular complexity index is 443. The van der Waals surface area contributed by atoms with E-state index in [-0.39, 0.29) is 17.3 Å². The zero-order valence-electron chi connectivity index (χ0n) is 10.3. The lowest BCUT2D eigenvalue weighted by Crippen LogP contribution is -2.33. The molecule has 0 aliphatic heterocycles. The number of nitrogens with zero attached hydrogens (tertiary/aromatic N) is 2. The van der Waals surface area contributed by atoms with Crippen LogP contribution >= 0.6 is 0 Å². The van der Waals surface area contributed by atoms with Crippen LogP contribution in [0.15, 0.2) is 6.20 Å². The highest BCUT2D eigenvalue weighted by atomic mass is 16.5. The number of ether oxygens (including phenoxy) is 1. The Labute approximate surface area is 104 Å². The number of aromatic nitrogens is 2. The lowest BCUT2D eigenvalue weighted by Gasteiger charge is -2.12. The zero-order chi connectivity index (χ0) is 13.7. The van der Waals surface area contributed by atoms with E-state index in [4.69, 9.17) is 16.2 Å². The Morgan fingerprint density at radius 3 is 2.78 bits per heavy atom. The first-order valence-corrected chi connectivity index (χ1v) is 5.38. The molecule has 1 aromatic heterocycles. The van der Waals surface area contributed by atoms with Crippen molar-refractivity contribution >= 4 is 17.5 Å². The maximum Gasteiger partial charge on any atom is 0.271 e. The predicted octanol–water partition coefficient (Wildman–Crippen LogP) is -1.11. The van der Waals surface area contributed by atoms with E-state index < -0.39 is 11.9 Å². The number of carbonyl (C=O) groups excluding carboxylic acids is 2. The van der Waals surface area contributed by atoms with Crippen LogP contribution in [0.25, 0.3) is 0 Å². The summed E-state index contributed by atoms with van der Waals surface area (Å²) >= 11 is 0. The Kier molecular flexibility index (Phi) is 4.67. The molecule has 1 rings (SSSR count). The lowest BCUT2D eigenvalue weighted by molar-refractivity contribution is -0.124. The Hall–Kier alpha value is -2.09. The molecule has 0 saturated carbocycles. The molecule has 100 valence electrons. The number of primary amides is 1. The molecule has 0 aliphatic rings. The van der Waals surface area contributed by atoms with Crippen molar-refractivity contribution in [1.29, 1.82) is 0 Å². The molecule has 5 N–H and O–H groups in total. The van der Waals surface area contributed by atoms with E-state index in [1.54, 1.807) is 14.0 Å². The Morgan fingerprint density at radius 1 is 1.61 bits per heavy atom. The van der Waals surface area contributed by atoms with Crippen molar-refractivity contribution in [3.63, 3.8) is 0 Å². The molecule has 18 heavy (non-hydrogen) atoms. The van der Waals surface area contributed by atoms with Crippen LogP contribution in [-0.4, -0.2) is 41.9 Å². The van der Waals surface area contributed by atoms with Gasteiger partial charge in [0.15, 0.2) is 5.69 Å². The average Bonchev–Trinajstić information content (AvgIpc) is 2.70. The van der Waals surface area contributed by atoms with Crippen LogP contribution in [0.3, 0.4) is 0 Å². The molecule has 0 saturated heterocycles. The Balaban J connectivity index is 2.71.